The summed E-state index contributed by atoms with van der Waals surface area (Å²) in [6.45, 7) is 3.95. The van der Waals surface area contributed by atoms with Gasteiger partial charge in [0.25, 0.3) is 0 Å². The molecule has 32 heavy (non-hydrogen) atoms. The molecular weight excluding hydrogens is 433 g/mol. The Bertz CT molecular complexity index is 1090. The number of nitrogens with one attached hydrogen (secondary N) is 1. The van der Waals surface area contributed by atoms with Crippen molar-refractivity contribution in [2.45, 2.75) is 13.8 Å². The summed E-state index contributed by atoms with van der Waals surface area (Å²) in [7, 11) is -2.62. The van der Waals surface area contributed by atoms with Crippen LogP contribution in [-0.2, 0) is 4.79 Å². The first kappa shape index (κ1) is 22.3. The molecule has 0 atom stereocenters. The van der Waals surface area contributed by atoms with Gasteiger partial charge in [-0.05, 0) is 0 Å². The van der Waals surface area contributed by atoms with E-state index in [2.05, 4.69) is 78.1 Å². The van der Waals surface area contributed by atoms with Gasteiger partial charge in [0.1, 0.15) is 0 Å². The molecule has 1 amide bonds. The first-order chi connectivity index (χ1) is 15.5. The molecule has 0 aliphatic heterocycles. The molecule has 4 rings (SSSR count). The van der Waals surface area contributed by atoms with Crippen LogP contribution in [0.4, 0.5) is 5.69 Å². The summed E-state index contributed by atoms with van der Waals surface area (Å²) in [5.41, 5.74) is 2.78. The molecule has 0 heterocycles. The number of hydrogen-bond acceptors (Lipinski definition) is 1. The van der Waals surface area contributed by atoms with Gasteiger partial charge in [-0.15, -0.1) is 0 Å². The van der Waals surface area contributed by atoms with Crippen molar-refractivity contribution in [1.82, 2.24) is 0 Å². The van der Waals surface area contributed by atoms with Crippen molar-refractivity contribution in [3.05, 3.63) is 119 Å². The number of aryl methyl sites for hydroxylation is 2. The van der Waals surface area contributed by atoms with E-state index in [9.17, 15) is 4.79 Å². The van der Waals surface area contributed by atoms with Gasteiger partial charge >= 0.3 is 196 Å². The maximum atomic E-state index is 13.6. The standard InChI is InChI=1S/C28H27ClNOP/c1-21-18-23(29)19-22(2)28(21)30-27(31)20-32(24-12-6-3-7-13-24,25-14-8-4-9-15-25)26-16-10-5-11-17-26/h3-19,32H,20H2,1-2H3,(H,30,31). The van der Waals surface area contributed by atoms with Gasteiger partial charge in [-0.3, -0.25) is 0 Å². The molecule has 4 aromatic carbocycles. The van der Waals surface area contributed by atoms with Crippen LogP contribution >= 0.6 is 18.9 Å². The Balaban J connectivity index is 1.84. The second-order valence-corrected chi connectivity index (χ2v) is 12.5. The average molecular weight is 460 g/mol. The van der Waals surface area contributed by atoms with Crippen LogP contribution in [0.15, 0.2) is 103 Å². The average Bonchev–Trinajstić information content (AvgIpc) is 2.81. The fourth-order valence-electron chi connectivity index (χ4n) is 4.51. The van der Waals surface area contributed by atoms with Crippen LogP contribution in [0, 0.1) is 13.8 Å². The molecule has 4 heteroatoms. The zero-order valence-electron chi connectivity index (χ0n) is 18.3. The van der Waals surface area contributed by atoms with E-state index in [0.29, 0.717) is 11.2 Å². The molecule has 0 bridgehead atoms. The Labute approximate surface area is 195 Å². The minimum atomic E-state index is -2.62. The first-order valence-corrected chi connectivity index (χ1v) is 13.3. The molecule has 4 aromatic rings. The molecule has 0 saturated heterocycles. The van der Waals surface area contributed by atoms with E-state index in [4.69, 9.17) is 11.6 Å². The zero-order valence-corrected chi connectivity index (χ0v) is 20.1. The fourth-order valence-corrected chi connectivity index (χ4v) is 9.30. The number of benzene rings is 4. The van der Waals surface area contributed by atoms with Gasteiger partial charge in [-0.1, -0.05) is 0 Å². The third kappa shape index (κ3) is 4.48. The zero-order chi connectivity index (χ0) is 22.6. The topological polar surface area (TPSA) is 29.1 Å². The van der Waals surface area contributed by atoms with Gasteiger partial charge in [0.15, 0.2) is 0 Å². The molecule has 0 aliphatic carbocycles. The van der Waals surface area contributed by atoms with Crippen LogP contribution in [-0.4, -0.2) is 12.1 Å². The van der Waals surface area contributed by atoms with Crippen molar-refractivity contribution in [3.8, 4) is 0 Å². The minimum absolute atomic E-state index is 0.0155. The van der Waals surface area contributed by atoms with Crippen LogP contribution in [0.3, 0.4) is 0 Å². The van der Waals surface area contributed by atoms with Crippen LogP contribution in [0.2, 0.25) is 5.02 Å². The molecule has 0 unspecified atom stereocenters. The summed E-state index contributed by atoms with van der Waals surface area (Å²) in [5, 5.41) is 7.55. The van der Waals surface area contributed by atoms with Crippen molar-refractivity contribution in [2.24, 2.45) is 0 Å². The van der Waals surface area contributed by atoms with E-state index < -0.39 is 7.26 Å². The summed E-state index contributed by atoms with van der Waals surface area (Å²) < 4.78 is 0. The number of halogens is 1. The van der Waals surface area contributed by atoms with E-state index in [-0.39, 0.29) is 5.91 Å². The summed E-state index contributed by atoms with van der Waals surface area (Å²) >= 11 is 6.20. The van der Waals surface area contributed by atoms with E-state index in [1.165, 1.54) is 15.9 Å². The van der Waals surface area contributed by atoms with E-state index in [1.807, 2.05) is 44.2 Å². The van der Waals surface area contributed by atoms with Crippen LogP contribution in [0.25, 0.3) is 0 Å². The fraction of sp³-hybridized carbons (Fsp3) is 0.107. The number of carbonyl (C=O) groups excluding carboxylic acids is 1. The third-order valence-corrected chi connectivity index (χ3v) is 11.0. The Morgan fingerprint density at radius 3 is 1.47 bits per heavy atom. The number of carbonyl (C=O) groups is 1. The molecule has 0 aromatic heterocycles. The first-order valence-electron chi connectivity index (χ1n) is 10.7. The molecule has 0 saturated carbocycles. The Hall–Kier alpha value is -2.93. The number of hydrogen-bond donors (Lipinski definition) is 1. The van der Waals surface area contributed by atoms with Gasteiger partial charge in [0.2, 0.25) is 0 Å². The van der Waals surface area contributed by atoms with E-state index >= 15 is 0 Å². The molecule has 0 fully saturated rings. The Morgan fingerprint density at radius 1 is 0.719 bits per heavy atom. The molecule has 1 N–H and O–H groups in total. The normalized spacial score (nSPS) is 11.7. The third-order valence-electron chi connectivity index (χ3n) is 5.99. The van der Waals surface area contributed by atoms with Crippen LogP contribution in [0.5, 0.6) is 0 Å². The predicted octanol–water partition coefficient (Wildman–Crippen LogP) is 5.62. The van der Waals surface area contributed by atoms with Gasteiger partial charge < -0.3 is 0 Å². The van der Waals surface area contributed by atoms with Crippen LogP contribution < -0.4 is 21.2 Å². The molecule has 0 spiro atoms. The van der Waals surface area contributed by atoms with Crippen molar-refractivity contribution < 1.29 is 4.79 Å². The number of amides is 1. The van der Waals surface area contributed by atoms with Gasteiger partial charge in [-0.25, -0.2) is 0 Å². The molecule has 0 aliphatic rings. The number of rotatable bonds is 6. The summed E-state index contributed by atoms with van der Waals surface area (Å²) in [6, 6.07) is 35.2. The maximum absolute atomic E-state index is 13.6. The van der Waals surface area contributed by atoms with Gasteiger partial charge in [0, 0.05) is 0 Å². The van der Waals surface area contributed by atoms with Crippen molar-refractivity contribution in [2.75, 3.05) is 11.5 Å². The molecule has 2 nitrogen and oxygen atoms in total. The van der Waals surface area contributed by atoms with Crippen molar-refractivity contribution >= 4 is 46.4 Å². The molecule has 0 radical (unpaired) electrons. The van der Waals surface area contributed by atoms with Crippen molar-refractivity contribution in [3.63, 3.8) is 0 Å². The summed E-state index contributed by atoms with van der Waals surface area (Å²) in [4.78, 5) is 13.6. The Morgan fingerprint density at radius 2 is 1.09 bits per heavy atom. The Kier molecular flexibility index (Phi) is 6.74. The predicted molar refractivity (Wildman–Crippen MR) is 141 cm³/mol. The molecular formula is C28H27ClNOP. The molecule has 162 valence electrons. The second kappa shape index (κ2) is 9.69. The summed E-state index contributed by atoms with van der Waals surface area (Å²) in [5.74, 6) is 0.0155. The van der Waals surface area contributed by atoms with E-state index in [0.717, 1.165) is 16.8 Å². The van der Waals surface area contributed by atoms with Crippen LogP contribution in [0.1, 0.15) is 11.1 Å². The quantitative estimate of drug-likeness (QED) is 0.372. The van der Waals surface area contributed by atoms with Gasteiger partial charge in [0.05, 0.1) is 0 Å². The number of anilines is 1. The monoisotopic (exact) mass is 459 g/mol. The van der Waals surface area contributed by atoms with Crippen molar-refractivity contribution in [1.29, 1.82) is 0 Å². The van der Waals surface area contributed by atoms with Gasteiger partial charge in [-0.2, -0.15) is 0 Å². The second-order valence-electron chi connectivity index (χ2n) is 8.14. The van der Waals surface area contributed by atoms with E-state index in [1.54, 1.807) is 0 Å². The summed E-state index contributed by atoms with van der Waals surface area (Å²) in [6.07, 6.45) is 0.409. The SMILES string of the molecule is Cc1cc(Cl)cc(C)c1NC(=O)C[PH](c1ccccc1)(c1ccccc1)c1ccccc1.